The fraction of sp³-hybridized carbons (Fsp3) is 0.154. The molecular weight excluding hydrogens is 432 g/mol. The number of benzene rings is 3. The highest BCUT2D eigenvalue weighted by Crippen LogP contribution is 2.34. The van der Waals surface area contributed by atoms with E-state index < -0.39 is 6.04 Å². The Bertz CT molecular complexity index is 1240. The summed E-state index contributed by atoms with van der Waals surface area (Å²) in [7, 11) is 0. The van der Waals surface area contributed by atoms with Crippen LogP contribution in [0.2, 0.25) is 0 Å². The minimum atomic E-state index is -0.508. The Morgan fingerprint density at radius 1 is 0.909 bits per heavy atom. The van der Waals surface area contributed by atoms with Gasteiger partial charge in [0.05, 0.1) is 11.4 Å². The van der Waals surface area contributed by atoms with Gasteiger partial charge in [0.1, 0.15) is 11.9 Å². The van der Waals surface area contributed by atoms with E-state index in [0.29, 0.717) is 24.0 Å². The summed E-state index contributed by atoms with van der Waals surface area (Å²) in [5, 5.41) is 3.41. The van der Waals surface area contributed by atoms with Gasteiger partial charge in [0.25, 0.3) is 5.91 Å². The molecule has 1 N–H and O–H groups in total. The monoisotopic (exact) mass is 454 g/mol. The number of thioether (sulfide) groups is 1. The highest BCUT2D eigenvalue weighted by atomic mass is 32.2. The molecule has 0 aliphatic carbocycles. The Kier molecular flexibility index (Phi) is 6.04. The van der Waals surface area contributed by atoms with E-state index in [9.17, 15) is 9.59 Å². The molecule has 0 fully saturated rings. The number of para-hydroxylation sites is 1. The minimum absolute atomic E-state index is 0.112. The van der Waals surface area contributed by atoms with Crippen LogP contribution < -0.4 is 5.32 Å². The second-order valence-electron chi connectivity index (χ2n) is 7.79. The van der Waals surface area contributed by atoms with Gasteiger partial charge in [-0.15, -0.1) is 0 Å². The molecule has 2 amide bonds. The number of fused-ring (bicyclic) bond motifs is 3. The molecular formula is C26H22N4O2S. The van der Waals surface area contributed by atoms with Gasteiger partial charge in [0, 0.05) is 18.5 Å². The van der Waals surface area contributed by atoms with Crippen molar-refractivity contribution >= 4 is 40.3 Å². The van der Waals surface area contributed by atoms with E-state index in [2.05, 4.69) is 5.32 Å². The van der Waals surface area contributed by atoms with Crippen LogP contribution in [-0.2, 0) is 22.6 Å². The molecule has 0 spiro atoms. The highest BCUT2D eigenvalue weighted by molar-refractivity contribution is 8.14. The lowest BCUT2D eigenvalue weighted by Crippen LogP contribution is -2.42. The maximum Gasteiger partial charge on any atom is 0.259 e. The lowest BCUT2D eigenvalue weighted by Gasteiger charge is -2.25. The summed E-state index contributed by atoms with van der Waals surface area (Å²) >= 11 is 1.25. The lowest BCUT2D eigenvalue weighted by atomic mass is 10.1. The van der Waals surface area contributed by atoms with E-state index in [0.717, 1.165) is 22.4 Å². The Balaban J connectivity index is 1.33. The van der Waals surface area contributed by atoms with Crippen molar-refractivity contribution in [1.82, 2.24) is 10.2 Å². The molecule has 0 saturated heterocycles. The Morgan fingerprint density at radius 2 is 1.58 bits per heavy atom. The zero-order chi connectivity index (χ0) is 22.6. The van der Waals surface area contributed by atoms with Crippen LogP contribution in [0.25, 0.3) is 0 Å². The molecule has 164 valence electrons. The van der Waals surface area contributed by atoms with Crippen molar-refractivity contribution in [2.75, 3.05) is 5.75 Å². The maximum atomic E-state index is 13.3. The van der Waals surface area contributed by atoms with Crippen molar-refractivity contribution in [3.8, 4) is 0 Å². The fourth-order valence-corrected chi connectivity index (χ4v) is 4.68. The molecule has 33 heavy (non-hydrogen) atoms. The second kappa shape index (κ2) is 9.42. The number of carbonyl (C=O) groups is 2. The van der Waals surface area contributed by atoms with Crippen LogP contribution in [0.15, 0.2) is 94.9 Å². The standard InChI is InChI=1S/C26H22N4O2S/c31-23(27-16-19-11-5-2-6-12-19)17-33-26-29-21-14-8-7-13-20(21)24-28-22(25(32)30(24)26)15-18-9-3-1-4-10-18/h1-14,22H,15-17H2,(H,27,31)/t22-/m0/s1. The Hall–Kier alpha value is -3.71. The zero-order valence-electron chi connectivity index (χ0n) is 17.8. The molecule has 3 aromatic carbocycles. The number of amidine groups is 2. The average molecular weight is 455 g/mol. The number of hydrogen-bond acceptors (Lipinski definition) is 5. The summed E-state index contributed by atoms with van der Waals surface area (Å²) in [4.78, 5) is 36.8. The number of rotatable bonds is 6. The summed E-state index contributed by atoms with van der Waals surface area (Å²) in [6.07, 6.45) is 0.525. The van der Waals surface area contributed by atoms with Gasteiger partial charge in [0.15, 0.2) is 5.17 Å². The quantitative estimate of drug-likeness (QED) is 0.613. The van der Waals surface area contributed by atoms with E-state index in [1.807, 2.05) is 84.9 Å². The van der Waals surface area contributed by atoms with Crippen LogP contribution in [0.5, 0.6) is 0 Å². The lowest BCUT2D eigenvalue weighted by molar-refractivity contribution is -0.124. The average Bonchev–Trinajstić information content (AvgIpc) is 3.19. The first-order chi connectivity index (χ1) is 16.2. The van der Waals surface area contributed by atoms with Crippen molar-refractivity contribution in [1.29, 1.82) is 0 Å². The Morgan fingerprint density at radius 3 is 2.33 bits per heavy atom. The van der Waals surface area contributed by atoms with E-state index >= 15 is 0 Å². The molecule has 0 unspecified atom stereocenters. The smallest absolute Gasteiger partial charge is 0.259 e. The summed E-state index contributed by atoms with van der Waals surface area (Å²) in [6, 6.07) is 26.8. The van der Waals surface area contributed by atoms with E-state index in [-0.39, 0.29) is 17.6 Å². The number of nitrogens with one attached hydrogen (secondary N) is 1. The molecule has 0 aromatic heterocycles. The van der Waals surface area contributed by atoms with Crippen molar-refractivity contribution in [3.63, 3.8) is 0 Å². The highest BCUT2D eigenvalue weighted by Gasteiger charge is 2.41. The summed E-state index contributed by atoms with van der Waals surface area (Å²) < 4.78 is 0. The van der Waals surface area contributed by atoms with Gasteiger partial charge < -0.3 is 5.32 Å². The second-order valence-corrected chi connectivity index (χ2v) is 8.74. The zero-order valence-corrected chi connectivity index (χ0v) is 18.7. The molecule has 5 rings (SSSR count). The Labute approximate surface area is 196 Å². The van der Waals surface area contributed by atoms with Crippen LogP contribution in [0.4, 0.5) is 5.69 Å². The number of carbonyl (C=O) groups excluding carboxylic acids is 2. The molecule has 6 nitrogen and oxygen atoms in total. The van der Waals surface area contributed by atoms with E-state index in [1.165, 1.54) is 11.8 Å². The van der Waals surface area contributed by atoms with Gasteiger partial charge in [-0.2, -0.15) is 0 Å². The molecule has 0 radical (unpaired) electrons. The molecule has 3 aromatic rings. The third-order valence-electron chi connectivity index (χ3n) is 5.48. The van der Waals surface area contributed by atoms with Crippen molar-refractivity contribution < 1.29 is 9.59 Å². The summed E-state index contributed by atoms with van der Waals surface area (Å²) in [5.74, 6) is 0.545. The minimum Gasteiger partial charge on any atom is -0.351 e. The van der Waals surface area contributed by atoms with Gasteiger partial charge in [0.2, 0.25) is 5.91 Å². The fourth-order valence-electron chi connectivity index (χ4n) is 3.85. The van der Waals surface area contributed by atoms with Crippen molar-refractivity contribution in [2.45, 2.75) is 19.0 Å². The topological polar surface area (TPSA) is 74.1 Å². The van der Waals surface area contributed by atoms with Gasteiger partial charge in [-0.1, -0.05) is 84.6 Å². The van der Waals surface area contributed by atoms with Crippen LogP contribution in [0.3, 0.4) is 0 Å². The SMILES string of the molecule is O=C(CSC1=Nc2ccccc2C2=N[C@@H](Cc3ccccc3)C(=O)N12)NCc1ccccc1. The van der Waals surface area contributed by atoms with Gasteiger partial charge in [-0.3, -0.25) is 14.6 Å². The van der Waals surface area contributed by atoms with Gasteiger partial charge >= 0.3 is 0 Å². The maximum absolute atomic E-state index is 13.3. The molecule has 2 aliphatic heterocycles. The van der Waals surface area contributed by atoms with Crippen LogP contribution in [0.1, 0.15) is 16.7 Å². The first-order valence-corrected chi connectivity index (χ1v) is 11.7. The predicted molar refractivity (Wildman–Crippen MR) is 132 cm³/mol. The summed E-state index contributed by atoms with van der Waals surface area (Å²) in [5.41, 5.74) is 3.68. The largest absolute Gasteiger partial charge is 0.351 e. The molecule has 0 saturated carbocycles. The molecule has 2 heterocycles. The van der Waals surface area contributed by atoms with Gasteiger partial charge in [-0.25, -0.2) is 9.89 Å². The van der Waals surface area contributed by atoms with Gasteiger partial charge in [-0.05, 0) is 23.3 Å². The number of amides is 2. The van der Waals surface area contributed by atoms with Crippen LogP contribution in [0, 0.1) is 0 Å². The van der Waals surface area contributed by atoms with Crippen LogP contribution in [-0.4, -0.2) is 39.5 Å². The molecule has 2 aliphatic rings. The van der Waals surface area contributed by atoms with E-state index in [4.69, 9.17) is 9.98 Å². The molecule has 7 heteroatoms. The molecule has 1 atom stereocenters. The number of hydrogen-bond donors (Lipinski definition) is 1. The van der Waals surface area contributed by atoms with Crippen molar-refractivity contribution in [2.24, 2.45) is 9.98 Å². The first-order valence-electron chi connectivity index (χ1n) is 10.8. The first kappa shape index (κ1) is 21.2. The summed E-state index contributed by atoms with van der Waals surface area (Å²) in [6.45, 7) is 0.462. The number of aliphatic imine (C=N–C) groups is 2. The normalized spacial score (nSPS) is 16.5. The number of nitrogens with zero attached hydrogens (tertiary/aromatic N) is 3. The van der Waals surface area contributed by atoms with E-state index in [1.54, 1.807) is 4.90 Å². The third-order valence-corrected chi connectivity index (χ3v) is 6.42. The third kappa shape index (κ3) is 4.59. The van der Waals surface area contributed by atoms with Crippen molar-refractivity contribution in [3.05, 3.63) is 102 Å². The predicted octanol–water partition coefficient (Wildman–Crippen LogP) is 3.94. The molecule has 0 bridgehead atoms. The van der Waals surface area contributed by atoms with Crippen LogP contribution >= 0.6 is 11.8 Å².